The third kappa shape index (κ3) is 5.03. The fraction of sp³-hybridized carbons (Fsp3) is 0. The van der Waals surface area contributed by atoms with E-state index in [1.807, 2.05) is 24.3 Å². The smallest absolute Gasteiger partial charge is 0.298 e. The van der Waals surface area contributed by atoms with Crippen LogP contribution in [-0.4, -0.2) is 41.0 Å². The van der Waals surface area contributed by atoms with Crippen molar-refractivity contribution in [2.75, 3.05) is 0 Å². The van der Waals surface area contributed by atoms with Gasteiger partial charge >= 0.3 is 0 Å². The lowest BCUT2D eigenvalue weighted by atomic mass is 10.1. The van der Waals surface area contributed by atoms with E-state index in [4.69, 9.17) is 0 Å². The number of benzene rings is 4. The molecule has 0 unspecified atom stereocenters. The number of imidazole rings is 1. The van der Waals surface area contributed by atoms with Crippen molar-refractivity contribution in [3.8, 4) is 5.75 Å². The highest BCUT2D eigenvalue weighted by Crippen LogP contribution is 2.42. The molecule has 11 nitrogen and oxygen atoms in total. The molecule has 0 amide bonds. The summed E-state index contributed by atoms with van der Waals surface area (Å²) >= 11 is 0. The number of azo groups is 1. The number of phenols is 1. The zero-order valence-electron chi connectivity index (χ0n) is 19.2. The van der Waals surface area contributed by atoms with E-state index in [-0.39, 0.29) is 16.5 Å². The van der Waals surface area contributed by atoms with Gasteiger partial charge in [0.2, 0.25) is 0 Å². The first-order valence-electron chi connectivity index (χ1n) is 10.9. The van der Waals surface area contributed by atoms with Gasteiger partial charge in [0.1, 0.15) is 16.4 Å². The number of para-hydroxylation sites is 2. The molecule has 1 heterocycles. The van der Waals surface area contributed by atoms with Gasteiger partial charge in [-0.2, -0.15) is 16.8 Å². The first-order valence-corrected chi connectivity index (χ1v) is 13.8. The Kier molecular flexibility index (Phi) is 6.28. The van der Waals surface area contributed by atoms with Crippen LogP contribution in [0.5, 0.6) is 5.75 Å². The van der Waals surface area contributed by atoms with E-state index >= 15 is 0 Å². The quantitative estimate of drug-likeness (QED) is 0.158. The number of nitrogens with one attached hydrogen (secondary N) is 1. The SMILES string of the molecule is O=S(=O)(O)c1ccc2c(N=Nc3ccccc3/C=C/c3nc4ccccc4[nH]3)c(O)c(S(=O)(=O)O)cc2c1. The summed E-state index contributed by atoms with van der Waals surface area (Å²) in [4.78, 5) is 6.25. The third-order valence-corrected chi connectivity index (χ3v) is 7.34. The summed E-state index contributed by atoms with van der Waals surface area (Å²) in [6.45, 7) is 0. The van der Waals surface area contributed by atoms with Gasteiger partial charge in [-0.1, -0.05) is 36.4 Å². The lowest BCUT2D eigenvalue weighted by molar-refractivity contribution is 0.445. The van der Waals surface area contributed by atoms with Gasteiger partial charge < -0.3 is 10.1 Å². The lowest BCUT2D eigenvalue weighted by Crippen LogP contribution is -2.00. The van der Waals surface area contributed by atoms with Crippen molar-refractivity contribution >= 4 is 65.6 Å². The first kappa shape index (κ1) is 25.2. The van der Waals surface area contributed by atoms with Crippen molar-refractivity contribution in [1.29, 1.82) is 0 Å². The molecule has 13 heteroatoms. The molecule has 38 heavy (non-hydrogen) atoms. The molecule has 4 aromatic carbocycles. The highest BCUT2D eigenvalue weighted by atomic mass is 32.2. The minimum absolute atomic E-state index is 0.0300. The summed E-state index contributed by atoms with van der Waals surface area (Å²) < 4.78 is 65.8. The molecule has 5 aromatic rings. The second-order valence-electron chi connectivity index (χ2n) is 8.14. The second-order valence-corrected chi connectivity index (χ2v) is 10.9. The van der Waals surface area contributed by atoms with E-state index in [0.717, 1.165) is 29.2 Å². The average molecular weight is 551 g/mol. The molecule has 0 aliphatic heterocycles. The Morgan fingerprint density at radius 1 is 0.816 bits per heavy atom. The largest absolute Gasteiger partial charge is 0.504 e. The highest BCUT2D eigenvalue weighted by Gasteiger charge is 2.23. The number of aromatic amines is 1. The van der Waals surface area contributed by atoms with E-state index in [0.29, 0.717) is 17.1 Å². The summed E-state index contributed by atoms with van der Waals surface area (Å²) in [6.07, 6.45) is 3.49. The van der Waals surface area contributed by atoms with Gasteiger partial charge in [0.05, 0.1) is 21.6 Å². The third-order valence-electron chi connectivity index (χ3n) is 5.62. The Hall–Kier alpha value is -4.43. The first-order chi connectivity index (χ1) is 18.0. The monoisotopic (exact) mass is 550 g/mol. The summed E-state index contributed by atoms with van der Waals surface area (Å²) in [6, 6.07) is 18.6. The van der Waals surface area contributed by atoms with E-state index in [1.54, 1.807) is 36.4 Å². The molecular weight excluding hydrogens is 532 g/mol. The van der Waals surface area contributed by atoms with Crippen molar-refractivity contribution < 1.29 is 31.0 Å². The minimum Gasteiger partial charge on any atom is -0.504 e. The van der Waals surface area contributed by atoms with Gasteiger partial charge in [-0.3, -0.25) is 9.11 Å². The molecule has 0 saturated carbocycles. The van der Waals surface area contributed by atoms with Crippen LogP contribution in [0.25, 0.3) is 34.0 Å². The van der Waals surface area contributed by atoms with E-state index < -0.39 is 35.8 Å². The predicted molar refractivity (Wildman–Crippen MR) is 141 cm³/mol. The number of aromatic hydroxyl groups is 1. The van der Waals surface area contributed by atoms with Crippen LogP contribution in [0.3, 0.4) is 0 Å². The maximum Gasteiger partial charge on any atom is 0.298 e. The molecule has 0 bridgehead atoms. The molecule has 0 atom stereocenters. The van der Waals surface area contributed by atoms with Crippen LogP contribution in [0, 0.1) is 0 Å². The van der Waals surface area contributed by atoms with E-state index in [9.17, 15) is 31.0 Å². The maximum absolute atomic E-state index is 11.9. The normalized spacial score (nSPS) is 12.8. The van der Waals surface area contributed by atoms with Crippen molar-refractivity contribution in [2.24, 2.45) is 10.2 Å². The molecule has 0 spiro atoms. The van der Waals surface area contributed by atoms with Gasteiger partial charge in [-0.05, 0) is 53.9 Å². The number of hydrogen-bond acceptors (Lipinski definition) is 8. The minimum atomic E-state index is -4.92. The zero-order chi connectivity index (χ0) is 27.1. The second kappa shape index (κ2) is 9.46. The lowest BCUT2D eigenvalue weighted by Gasteiger charge is -2.09. The van der Waals surface area contributed by atoms with Gasteiger partial charge in [0.15, 0.2) is 5.75 Å². The Bertz CT molecular complexity index is 1960. The Morgan fingerprint density at radius 2 is 1.55 bits per heavy atom. The van der Waals surface area contributed by atoms with Gasteiger partial charge in [0, 0.05) is 10.9 Å². The van der Waals surface area contributed by atoms with E-state index in [2.05, 4.69) is 20.2 Å². The summed E-state index contributed by atoms with van der Waals surface area (Å²) in [5, 5.41) is 19.0. The molecule has 4 N–H and O–H groups in total. The van der Waals surface area contributed by atoms with Crippen LogP contribution in [0.15, 0.2) is 92.8 Å². The van der Waals surface area contributed by atoms with Crippen LogP contribution in [0.1, 0.15) is 11.4 Å². The van der Waals surface area contributed by atoms with Crippen LogP contribution in [-0.2, 0) is 20.2 Å². The molecule has 0 aliphatic carbocycles. The molecular formula is C25H18N4O7S2. The van der Waals surface area contributed by atoms with Gasteiger partial charge in [-0.15, -0.1) is 10.2 Å². The number of rotatable bonds is 6. The van der Waals surface area contributed by atoms with Crippen molar-refractivity contribution in [2.45, 2.75) is 9.79 Å². The molecule has 0 radical (unpaired) electrons. The molecule has 0 fully saturated rings. The van der Waals surface area contributed by atoms with Crippen molar-refractivity contribution in [3.05, 3.63) is 84.2 Å². The summed E-state index contributed by atoms with van der Waals surface area (Å²) in [7, 11) is -9.53. The number of fused-ring (bicyclic) bond motifs is 2. The predicted octanol–water partition coefficient (Wildman–Crippen LogP) is 5.50. The number of phenolic OH excluding ortho intramolecular Hbond substituents is 1. The Morgan fingerprint density at radius 3 is 2.29 bits per heavy atom. The highest BCUT2D eigenvalue weighted by molar-refractivity contribution is 7.86. The zero-order valence-corrected chi connectivity index (χ0v) is 20.8. The Labute approximate surface area is 216 Å². The van der Waals surface area contributed by atoms with Gasteiger partial charge in [-0.25, -0.2) is 4.98 Å². The summed E-state index contributed by atoms with van der Waals surface area (Å²) in [5.41, 5.74) is 2.34. The van der Waals surface area contributed by atoms with Crippen molar-refractivity contribution in [1.82, 2.24) is 9.97 Å². The fourth-order valence-electron chi connectivity index (χ4n) is 3.83. The van der Waals surface area contributed by atoms with Crippen LogP contribution < -0.4 is 0 Å². The number of H-pyrrole nitrogens is 1. The molecule has 5 rings (SSSR count). The molecule has 1 aromatic heterocycles. The molecule has 192 valence electrons. The maximum atomic E-state index is 11.9. The number of aromatic nitrogens is 2. The number of nitrogens with zero attached hydrogens (tertiary/aromatic N) is 3. The van der Waals surface area contributed by atoms with Crippen molar-refractivity contribution in [3.63, 3.8) is 0 Å². The summed E-state index contributed by atoms with van der Waals surface area (Å²) in [5.74, 6) is -0.268. The fourth-order valence-corrected chi connectivity index (χ4v) is 4.96. The average Bonchev–Trinajstić information content (AvgIpc) is 3.29. The van der Waals surface area contributed by atoms with Crippen LogP contribution in [0.4, 0.5) is 11.4 Å². The topological polar surface area (TPSA) is 182 Å². The molecule has 0 saturated heterocycles. The standard InChI is InChI=1S/C25H18N4O7S2/c30-25-22(38(34,35)36)14-16-13-17(37(31,32)33)10-11-18(16)24(25)29-28-19-6-2-1-5-15(19)9-12-23-26-20-7-3-4-8-21(20)27-23/h1-14,30H,(H,26,27)(H,31,32,33)(H,34,35,36)/b12-9+,29-28?. The van der Waals surface area contributed by atoms with E-state index in [1.165, 1.54) is 6.07 Å². The number of hydrogen-bond donors (Lipinski definition) is 4. The Balaban J connectivity index is 1.59. The van der Waals surface area contributed by atoms with Crippen LogP contribution in [0.2, 0.25) is 0 Å². The van der Waals surface area contributed by atoms with Gasteiger partial charge in [0.25, 0.3) is 20.2 Å². The van der Waals surface area contributed by atoms with Crippen LogP contribution >= 0.6 is 0 Å². The molecule has 0 aliphatic rings.